The van der Waals surface area contributed by atoms with Crippen LogP contribution in [0.1, 0.15) is 43.0 Å². The number of carbonyl (C=O) groups excluding carboxylic acids is 1. The van der Waals surface area contributed by atoms with Crippen LogP contribution in [0.3, 0.4) is 0 Å². The number of hydrogen-bond acceptors (Lipinski definition) is 4. The second-order valence-electron chi connectivity index (χ2n) is 5.91. The fraction of sp³-hybridized carbons (Fsp3) is 0.300. The average Bonchev–Trinajstić information content (AvgIpc) is 2.63. The van der Waals surface area contributed by atoms with Crippen LogP contribution in [0.4, 0.5) is 10.5 Å². The molecule has 0 fully saturated rings. The van der Waals surface area contributed by atoms with E-state index in [1.165, 1.54) is 12.1 Å². The molecule has 0 aromatic heterocycles. The average molecular weight is 357 g/mol. The smallest absolute Gasteiger partial charge is 0.411 e. The number of phenols is 1. The standard InChI is InChI=1S/C20H23NO5/c1-2-3-4-8-11-26-20(25)21-15-12-16(14-9-6-5-7-10-14)18(22)17(13-15)19(23)24/h5-7,9-10,12-13,22H,2-4,8,11H2,1H3,(H,21,25)(H,23,24). The maximum atomic E-state index is 11.9. The molecular weight excluding hydrogens is 334 g/mol. The summed E-state index contributed by atoms with van der Waals surface area (Å²) in [5.41, 5.74) is 0.926. The molecule has 0 aliphatic rings. The third-order valence-corrected chi connectivity index (χ3v) is 3.90. The molecule has 0 saturated heterocycles. The van der Waals surface area contributed by atoms with Crippen molar-refractivity contribution in [3.05, 3.63) is 48.0 Å². The number of carboxylic acids is 1. The van der Waals surface area contributed by atoms with E-state index < -0.39 is 12.1 Å². The number of carboxylic acid groups (broad SMARTS) is 1. The normalized spacial score (nSPS) is 10.3. The van der Waals surface area contributed by atoms with E-state index in [1.54, 1.807) is 24.3 Å². The zero-order valence-electron chi connectivity index (χ0n) is 14.7. The molecule has 0 unspecified atom stereocenters. The number of aromatic carboxylic acids is 1. The summed E-state index contributed by atoms with van der Waals surface area (Å²) < 4.78 is 5.11. The van der Waals surface area contributed by atoms with Gasteiger partial charge < -0.3 is 14.9 Å². The lowest BCUT2D eigenvalue weighted by Crippen LogP contribution is -2.15. The molecule has 0 radical (unpaired) electrons. The number of carbonyl (C=O) groups is 2. The molecule has 2 aromatic rings. The van der Waals surface area contributed by atoms with E-state index in [0.29, 0.717) is 17.7 Å². The van der Waals surface area contributed by atoms with Crippen LogP contribution in [0.2, 0.25) is 0 Å². The van der Waals surface area contributed by atoms with Crippen LogP contribution >= 0.6 is 0 Å². The summed E-state index contributed by atoms with van der Waals surface area (Å²) in [5, 5.41) is 22.1. The zero-order valence-corrected chi connectivity index (χ0v) is 14.7. The van der Waals surface area contributed by atoms with Gasteiger partial charge >= 0.3 is 12.1 Å². The van der Waals surface area contributed by atoms with E-state index in [2.05, 4.69) is 12.2 Å². The Labute approximate surface area is 152 Å². The quantitative estimate of drug-likeness (QED) is 0.462. The molecule has 26 heavy (non-hydrogen) atoms. The summed E-state index contributed by atoms with van der Waals surface area (Å²) in [7, 11) is 0. The highest BCUT2D eigenvalue weighted by Crippen LogP contribution is 2.35. The third-order valence-electron chi connectivity index (χ3n) is 3.90. The highest BCUT2D eigenvalue weighted by Gasteiger charge is 2.18. The Bertz CT molecular complexity index is 758. The van der Waals surface area contributed by atoms with Crippen LogP contribution in [-0.2, 0) is 4.74 Å². The topological polar surface area (TPSA) is 95.9 Å². The maximum Gasteiger partial charge on any atom is 0.411 e. The second-order valence-corrected chi connectivity index (χ2v) is 5.91. The lowest BCUT2D eigenvalue weighted by Gasteiger charge is -2.12. The largest absolute Gasteiger partial charge is 0.506 e. The summed E-state index contributed by atoms with van der Waals surface area (Å²) in [4.78, 5) is 23.3. The van der Waals surface area contributed by atoms with Crippen LogP contribution in [0, 0.1) is 0 Å². The number of aromatic hydroxyl groups is 1. The molecule has 0 saturated carbocycles. The van der Waals surface area contributed by atoms with Gasteiger partial charge in [0.2, 0.25) is 0 Å². The maximum absolute atomic E-state index is 11.9. The highest BCUT2D eigenvalue weighted by molar-refractivity contribution is 5.97. The van der Waals surface area contributed by atoms with E-state index in [4.69, 9.17) is 4.74 Å². The van der Waals surface area contributed by atoms with Gasteiger partial charge in [-0.15, -0.1) is 0 Å². The minimum atomic E-state index is -1.28. The summed E-state index contributed by atoms with van der Waals surface area (Å²) >= 11 is 0. The van der Waals surface area contributed by atoms with Crippen molar-refractivity contribution in [2.24, 2.45) is 0 Å². The van der Waals surface area contributed by atoms with Gasteiger partial charge in [-0.25, -0.2) is 9.59 Å². The Morgan fingerprint density at radius 3 is 2.46 bits per heavy atom. The predicted molar refractivity (Wildman–Crippen MR) is 99.6 cm³/mol. The van der Waals surface area contributed by atoms with Gasteiger partial charge in [-0.2, -0.15) is 0 Å². The molecule has 1 amide bonds. The summed E-state index contributed by atoms with van der Waals surface area (Å²) in [5.74, 6) is -1.63. The van der Waals surface area contributed by atoms with E-state index >= 15 is 0 Å². The predicted octanol–water partition coefficient (Wildman–Crippen LogP) is 4.89. The van der Waals surface area contributed by atoms with E-state index in [9.17, 15) is 19.8 Å². The number of amides is 1. The first-order chi connectivity index (χ1) is 12.5. The van der Waals surface area contributed by atoms with E-state index in [1.807, 2.05) is 6.07 Å². The molecule has 2 rings (SSSR count). The number of benzene rings is 2. The Kier molecular flexibility index (Phi) is 7.02. The molecule has 138 valence electrons. The number of hydrogen-bond donors (Lipinski definition) is 3. The molecule has 0 spiro atoms. The first-order valence-electron chi connectivity index (χ1n) is 8.62. The van der Waals surface area contributed by atoms with Gasteiger partial charge in [-0.1, -0.05) is 56.5 Å². The molecule has 6 heteroatoms. The molecule has 0 heterocycles. The van der Waals surface area contributed by atoms with Crippen LogP contribution in [0.5, 0.6) is 5.75 Å². The number of ether oxygens (including phenoxy) is 1. The highest BCUT2D eigenvalue weighted by atomic mass is 16.5. The molecule has 2 aromatic carbocycles. The molecule has 0 atom stereocenters. The third kappa shape index (κ3) is 5.24. The molecule has 0 bridgehead atoms. The van der Waals surface area contributed by atoms with Crippen molar-refractivity contribution >= 4 is 17.7 Å². The van der Waals surface area contributed by atoms with Crippen molar-refractivity contribution in [1.82, 2.24) is 0 Å². The molecule has 0 aliphatic carbocycles. The number of anilines is 1. The van der Waals surface area contributed by atoms with Crippen molar-refractivity contribution < 1.29 is 24.5 Å². The minimum Gasteiger partial charge on any atom is -0.506 e. The van der Waals surface area contributed by atoms with Gasteiger partial charge in [-0.3, -0.25) is 5.32 Å². The monoisotopic (exact) mass is 357 g/mol. The summed E-state index contributed by atoms with van der Waals surface area (Å²) in [6, 6.07) is 11.6. The molecule has 0 aliphatic heterocycles. The van der Waals surface area contributed by atoms with Crippen molar-refractivity contribution in [2.75, 3.05) is 11.9 Å². The first kappa shape index (κ1) is 19.3. The number of unbranched alkanes of at least 4 members (excludes halogenated alkanes) is 3. The van der Waals surface area contributed by atoms with Crippen molar-refractivity contribution in [3.63, 3.8) is 0 Å². The van der Waals surface area contributed by atoms with E-state index in [0.717, 1.165) is 25.7 Å². The SMILES string of the molecule is CCCCCCOC(=O)Nc1cc(C(=O)O)c(O)c(-c2ccccc2)c1. The van der Waals surface area contributed by atoms with Gasteiger partial charge in [0, 0.05) is 11.3 Å². The minimum absolute atomic E-state index is 0.248. The van der Waals surface area contributed by atoms with Crippen LogP contribution in [0.25, 0.3) is 11.1 Å². The fourth-order valence-electron chi connectivity index (χ4n) is 2.56. The van der Waals surface area contributed by atoms with Crippen molar-refractivity contribution in [2.45, 2.75) is 32.6 Å². The Morgan fingerprint density at radius 1 is 1.08 bits per heavy atom. The van der Waals surface area contributed by atoms with Crippen LogP contribution in [0.15, 0.2) is 42.5 Å². The van der Waals surface area contributed by atoms with E-state index in [-0.39, 0.29) is 17.0 Å². The van der Waals surface area contributed by atoms with Crippen LogP contribution < -0.4 is 5.32 Å². The van der Waals surface area contributed by atoms with Gasteiger partial charge in [0.25, 0.3) is 0 Å². The lowest BCUT2D eigenvalue weighted by molar-refractivity contribution is 0.0693. The Morgan fingerprint density at radius 2 is 1.81 bits per heavy atom. The first-order valence-corrected chi connectivity index (χ1v) is 8.62. The van der Waals surface area contributed by atoms with Gasteiger partial charge in [0.1, 0.15) is 11.3 Å². The van der Waals surface area contributed by atoms with Crippen LogP contribution in [-0.4, -0.2) is 28.9 Å². The Balaban J connectivity index is 2.17. The van der Waals surface area contributed by atoms with Crippen molar-refractivity contribution in [1.29, 1.82) is 0 Å². The number of nitrogens with one attached hydrogen (secondary N) is 1. The summed E-state index contributed by atoms with van der Waals surface area (Å²) in [6.07, 6.45) is 3.31. The lowest BCUT2D eigenvalue weighted by atomic mass is 10.0. The molecule has 6 nitrogen and oxygen atoms in total. The van der Waals surface area contributed by atoms with Gasteiger partial charge in [0.15, 0.2) is 0 Å². The van der Waals surface area contributed by atoms with Gasteiger partial charge in [-0.05, 0) is 24.1 Å². The second kappa shape index (κ2) is 9.46. The fourth-order valence-corrected chi connectivity index (χ4v) is 2.56. The van der Waals surface area contributed by atoms with Crippen molar-refractivity contribution in [3.8, 4) is 16.9 Å². The van der Waals surface area contributed by atoms with Gasteiger partial charge in [0.05, 0.1) is 6.61 Å². The zero-order chi connectivity index (χ0) is 18.9. The molecular formula is C20H23NO5. The Hall–Kier alpha value is -3.02. The number of rotatable bonds is 8. The summed E-state index contributed by atoms with van der Waals surface area (Å²) in [6.45, 7) is 2.41. The molecule has 3 N–H and O–H groups in total.